The fourth-order valence-corrected chi connectivity index (χ4v) is 3.04. The van der Waals surface area contributed by atoms with Crippen LogP contribution in [0.15, 0.2) is 18.2 Å². The maximum Gasteiger partial charge on any atom is 0.307 e. The van der Waals surface area contributed by atoms with Crippen molar-refractivity contribution in [3.05, 3.63) is 23.8 Å². The van der Waals surface area contributed by atoms with E-state index in [1.807, 2.05) is 39.0 Å². The van der Waals surface area contributed by atoms with Crippen LogP contribution in [0, 0.1) is 11.3 Å². The summed E-state index contributed by atoms with van der Waals surface area (Å²) in [6.07, 6.45) is 2.07. The molecule has 1 rings (SSSR count). The van der Waals surface area contributed by atoms with Crippen molar-refractivity contribution >= 4 is 5.97 Å². The van der Waals surface area contributed by atoms with E-state index >= 15 is 0 Å². The lowest BCUT2D eigenvalue weighted by Gasteiger charge is -2.31. The predicted molar refractivity (Wildman–Crippen MR) is 93.9 cm³/mol. The second kappa shape index (κ2) is 9.52. The van der Waals surface area contributed by atoms with Gasteiger partial charge in [0.25, 0.3) is 0 Å². The lowest BCUT2D eigenvalue weighted by Crippen LogP contribution is -2.32. The molecule has 0 aliphatic rings. The molecule has 0 bridgehead atoms. The molecule has 1 N–H and O–H groups in total. The molecular weight excluding hydrogens is 308 g/mol. The van der Waals surface area contributed by atoms with E-state index in [9.17, 15) is 9.90 Å². The van der Waals surface area contributed by atoms with Crippen molar-refractivity contribution in [2.75, 3.05) is 27.4 Å². The number of benzene rings is 1. The first kappa shape index (κ1) is 20.3. The third-order valence-electron chi connectivity index (χ3n) is 4.29. The number of carboxylic acid groups (broad SMARTS) is 1. The number of carboxylic acids is 1. The highest BCUT2D eigenvalue weighted by Crippen LogP contribution is 2.36. The molecule has 0 saturated carbocycles. The monoisotopic (exact) mass is 338 g/mol. The molecule has 0 fully saturated rings. The normalized spacial score (nSPS) is 12.7. The van der Waals surface area contributed by atoms with Gasteiger partial charge in [-0.05, 0) is 36.0 Å². The smallest absolute Gasteiger partial charge is 0.307 e. The number of hydrogen-bond donors (Lipinski definition) is 1. The van der Waals surface area contributed by atoms with Crippen molar-refractivity contribution < 1.29 is 24.1 Å². The Kier molecular flexibility index (Phi) is 8.05. The van der Waals surface area contributed by atoms with Gasteiger partial charge in [0.1, 0.15) is 0 Å². The first-order chi connectivity index (χ1) is 11.4. The maximum atomic E-state index is 11.5. The van der Waals surface area contributed by atoms with Crippen LogP contribution >= 0.6 is 0 Å². The third-order valence-corrected chi connectivity index (χ3v) is 4.29. The van der Waals surface area contributed by atoms with Gasteiger partial charge in [0.05, 0.1) is 19.6 Å². The van der Waals surface area contributed by atoms with E-state index in [0.29, 0.717) is 37.6 Å². The first-order valence-electron chi connectivity index (χ1n) is 8.37. The van der Waals surface area contributed by atoms with E-state index in [-0.39, 0.29) is 11.3 Å². The summed E-state index contributed by atoms with van der Waals surface area (Å²) < 4.78 is 16.2. The minimum Gasteiger partial charge on any atom is -0.493 e. The average molecular weight is 338 g/mol. The van der Waals surface area contributed by atoms with Crippen LogP contribution in [-0.4, -0.2) is 38.5 Å². The van der Waals surface area contributed by atoms with Gasteiger partial charge in [-0.3, -0.25) is 4.79 Å². The Balaban J connectivity index is 2.90. The quantitative estimate of drug-likeness (QED) is 0.622. The Labute approximate surface area is 144 Å². The highest BCUT2D eigenvalue weighted by Gasteiger charge is 2.34. The molecule has 5 nitrogen and oxygen atoms in total. The summed E-state index contributed by atoms with van der Waals surface area (Å²) >= 11 is 0. The molecule has 5 heteroatoms. The molecule has 0 unspecified atom stereocenters. The maximum absolute atomic E-state index is 11.5. The van der Waals surface area contributed by atoms with Crippen LogP contribution in [0.4, 0.5) is 0 Å². The number of aliphatic carboxylic acids is 1. The summed E-state index contributed by atoms with van der Waals surface area (Å²) in [5.74, 6) is 0.238. The summed E-state index contributed by atoms with van der Waals surface area (Å²) in [6.45, 7) is 7.10. The van der Waals surface area contributed by atoms with Gasteiger partial charge >= 0.3 is 5.97 Å². The van der Waals surface area contributed by atoms with Crippen molar-refractivity contribution in [2.24, 2.45) is 11.3 Å². The third kappa shape index (κ3) is 5.71. The fraction of sp³-hybridized carbons (Fsp3) is 0.632. The van der Waals surface area contributed by atoms with Crippen LogP contribution in [0.2, 0.25) is 0 Å². The molecule has 0 spiro atoms. The highest BCUT2D eigenvalue weighted by atomic mass is 16.5. The van der Waals surface area contributed by atoms with Crippen LogP contribution in [-0.2, 0) is 16.0 Å². The van der Waals surface area contributed by atoms with Gasteiger partial charge in [-0.2, -0.15) is 0 Å². The van der Waals surface area contributed by atoms with E-state index in [1.165, 1.54) is 0 Å². The summed E-state index contributed by atoms with van der Waals surface area (Å²) in [5, 5.41) is 9.43. The van der Waals surface area contributed by atoms with E-state index < -0.39 is 5.97 Å². The van der Waals surface area contributed by atoms with Crippen molar-refractivity contribution in [2.45, 2.75) is 40.0 Å². The van der Waals surface area contributed by atoms with Crippen molar-refractivity contribution in [3.8, 4) is 11.5 Å². The van der Waals surface area contributed by atoms with Gasteiger partial charge in [0, 0.05) is 20.1 Å². The molecule has 1 aromatic rings. The Bertz CT molecular complexity index is 524. The molecule has 0 aliphatic heterocycles. The summed E-state index contributed by atoms with van der Waals surface area (Å²) in [4.78, 5) is 11.5. The summed E-state index contributed by atoms with van der Waals surface area (Å²) in [5.41, 5.74) is 0.699. The molecule has 136 valence electrons. The SMILES string of the molecule is CC[C@@H](C(=O)O)C(C)(C)Cc1ccc(OC)c(OCCCOC)c1. The molecule has 0 heterocycles. The van der Waals surface area contributed by atoms with Crippen LogP contribution < -0.4 is 9.47 Å². The predicted octanol–water partition coefficient (Wildman–Crippen LogP) is 3.79. The van der Waals surface area contributed by atoms with Crippen LogP contribution in [0.25, 0.3) is 0 Å². The zero-order valence-electron chi connectivity index (χ0n) is 15.4. The molecule has 0 radical (unpaired) electrons. The number of methoxy groups -OCH3 is 2. The van der Waals surface area contributed by atoms with Gasteiger partial charge in [-0.15, -0.1) is 0 Å². The first-order valence-corrected chi connectivity index (χ1v) is 8.37. The number of carbonyl (C=O) groups is 1. The van der Waals surface area contributed by atoms with Crippen LogP contribution in [0.3, 0.4) is 0 Å². The average Bonchev–Trinajstić information content (AvgIpc) is 2.51. The van der Waals surface area contributed by atoms with Crippen LogP contribution in [0.1, 0.15) is 39.2 Å². The van der Waals surface area contributed by atoms with Crippen molar-refractivity contribution in [1.82, 2.24) is 0 Å². The minimum absolute atomic E-state index is 0.345. The van der Waals surface area contributed by atoms with Crippen molar-refractivity contribution in [3.63, 3.8) is 0 Å². The molecule has 0 amide bonds. The van der Waals surface area contributed by atoms with E-state index in [4.69, 9.17) is 14.2 Å². The van der Waals surface area contributed by atoms with Crippen LogP contribution in [0.5, 0.6) is 11.5 Å². The zero-order chi connectivity index (χ0) is 18.2. The number of hydrogen-bond acceptors (Lipinski definition) is 4. The fourth-order valence-electron chi connectivity index (χ4n) is 3.04. The Morgan fingerprint density at radius 3 is 2.46 bits per heavy atom. The summed E-state index contributed by atoms with van der Waals surface area (Å²) in [7, 11) is 3.27. The van der Waals surface area contributed by atoms with Crippen molar-refractivity contribution in [1.29, 1.82) is 0 Å². The van der Waals surface area contributed by atoms with E-state index in [0.717, 1.165) is 12.0 Å². The van der Waals surface area contributed by atoms with Gasteiger partial charge in [0.2, 0.25) is 0 Å². The Morgan fingerprint density at radius 1 is 1.21 bits per heavy atom. The lowest BCUT2D eigenvalue weighted by atomic mass is 9.73. The van der Waals surface area contributed by atoms with E-state index in [2.05, 4.69) is 0 Å². The molecule has 1 aromatic carbocycles. The second-order valence-electron chi connectivity index (χ2n) is 6.64. The molecule has 0 aliphatic carbocycles. The highest BCUT2D eigenvalue weighted by molar-refractivity contribution is 5.71. The molecule has 1 atom stereocenters. The second-order valence-corrected chi connectivity index (χ2v) is 6.64. The number of ether oxygens (including phenoxy) is 3. The summed E-state index contributed by atoms with van der Waals surface area (Å²) in [6, 6.07) is 5.79. The van der Waals surface area contributed by atoms with Gasteiger partial charge in [-0.25, -0.2) is 0 Å². The Hall–Kier alpha value is -1.75. The molecule has 0 aromatic heterocycles. The molecular formula is C19H30O5. The zero-order valence-corrected chi connectivity index (χ0v) is 15.4. The number of rotatable bonds is 11. The topological polar surface area (TPSA) is 65.0 Å². The van der Waals surface area contributed by atoms with Gasteiger partial charge in [-0.1, -0.05) is 26.8 Å². The van der Waals surface area contributed by atoms with Gasteiger partial charge in [0.15, 0.2) is 11.5 Å². The Morgan fingerprint density at radius 2 is 1.92 bits per heavy atom. The molecule has 24 heavy (non-hydrogen) atoms. The molecule has 0 saturated heterocycles. The van der Waals surface area contributed by atoms with Gasteiger partial charge < -0.3 is 19.3 Å². The minimum atomic E-state index is -0.743. The lowest BCUT2D eigenvalue weighted by molar-refractivity contribution is -0.146. The standard InChI is InChI=1S/C19H30O5/c1-6-15(18(20)21)19(2,3)13-14-8-9-16(23-5)17(12-14)24-11-7-10-22-4/h8-9,12,15H,6-7,10-11,13H2,1-5H3,(H,20,21)/t15-/m0/s1. The van der Waals surface area contributed by atoms with E-state index in [1.54, 1.807) is 14.2 Å². The largest absolute Gasteiger partial charge is 0.493 e.